The average molecular weight is 414 g/mol. The fourth-order valence-electron chi connectivity index (χ4n) is 3.57. The van der Waals surface area contributed by atoms with Crippen LogP contribution in [0, 0.1) is 0 Å². The molecule has 0 saturated heterocycles. The minimum atomic E-state index is -0.928. The summed E-state index contributed by atoms with van der Waals surface area (Å²) in [6.07, 6.45) is 25.8. The molecule has 1 rings (SSSR count). The number of hydrogen-bond donors (Lipinski definition) is 2. The van der Waals surface area contributed by atoms with Crippen molar-refractivity contribution < 1.29 is 9.90 Å². The molecule has 0 aromatic heterocycles. The minimum Gasteiger partial charge on any atom is -0.478 e. The molecular weight excluding hydrogens is 370 g/mol. The van der Waals surface area contributed by atoms with Gasteiger partial charge in [-0.3, -0.25) is 0 Å². The fourth-order valence-corrected chi connectivity index (χ4v) is 3.57. The first-order chi connectivity index (χ1) is 14.7. The van der Waals surface area contributed by atoms with Crippen molar-refractivity contribution >= 4 is 17.7 Å². The first-order valence-corrected chi connectivity index (χ1v) is 12.1. The number of carboxylic acids is 1. The molecule has 0 unspecified atom stereocenters. The standard InChI is InChI=1S/C27H43NO2/c1-2-3-4-5-6-7-8-9-10-11-12-13-14-17-24-28-26-22-20-25(21-23-26)18-15-16-19-27(29)30/h15-16,18-23,28H,2-14,17,24H2,1H3,(H,29,30). The molecule has 0 atom stereocenters. The topological polar surface area (TPSA) is 49.3 Å². The minimum absolute atomic E-state index is 0.928. The van der Waals surface area contributed by atoms with Gasteiger partial charge >= 0.3 is 5.97 Å². The van der Waals surface area contributed by atoms with Crippen molar-refractivity contribution in [2.45, 2.75) is 96.8 Å². The van der Waals surface area contributed by atoms with E-state index < -0.39 is 5.97 Å². The Kier molecular flexibility index (Phi) is 16.4. The van der Waals surface area contributed by atoms with Crippen LogP contribution in [0.1, 0.15) is 102 Å². The van der Waals surface area contributed by atoms with Crippen LogP contribution in [-0.4, -0.2) is 17.6 Å². The van der Waals surface area contributed by atoms with Crippen molar-refractivity contribution in [2.75, 3.05) is 11.9 Å². The average Bonchev–Trinajstić information content (AvgIpc) is 2.75. The zero-order valence-electron chi connectivity index (χ0n) is 19.1. The number of nitrogens with one attached hydrogen (secondary N) is 1. The smallest absolute Gasteiger partial charge is 0.328 e. The lowest BCUT2D eigenvalue weighted by molar-refractivity contribution is -0.131. The van der Waals surface area contributed by atoms with Gasteiger partial charge in [0, 0.05) is 18.3 Å². The number of hydrogen-bond acceptors (Lipinski definition) is 2. The Morgan fingerprint density at radius 3 is 1.77 bits per heavy atom. The zero-order valence-corrected chi connectivity index (χ0v) is 19.1. The molecule has 0 bridgehead atoms. The Balaban J connectivity index is 1.93. The number of allylic oxidation sites excluding steroid dienone is 2. The normalized spacial score (nSPS) is 11.5. The van der Waals surface area contributed by atoms with Crippen molar-refractivity contribution in [3.63, 3.8) is 0 Å². The summed E-state index contributed by atoms with van der Waals surface area (Å²) in [5, 5.41) is 12.0. The van der Waals surface area contributed by atoms with Crippen LogP contribution >= 0.6 is 0 Å². The molecule has 0 aliphatic carbocycles. The second-order valence-electron chi connectivity index (χ2n) is 8.20. The van der Waals surface area contributed by atoms with Crippen LogP contribution in [0.4, 0.5) is 5.69 Å². The summed E-state index contributed by atoms with van der Waals surface area (Å²) in [7, 11) is 0. The Hall–Kier alpha value is -2.03. The van der Waals surface area contributed by atoms with E-state index in [4.69, 9.17) is 5.11 Å². The van der Waals surface area contributed by atoms with Crippen molar-refractivity contribution in [2.24, 2.45) is 0 Å². The summed E-state index contributed by atoms with van der Waals surface area (Å²) in [4.78, 5) is 10.4. The third kappa shape index (κ3) is 15.8. The highest BCUT2D eigenvalue weighted by Crippen LogP contribution is 2.14. The highest BCUT2D eigenvalue weighted by Gasteiger charge is 1.95. The SMILES string of the molecule is CCCCCCCCCCCCCCCCNc1ccc(C=CC=CC(=O)O)cc1. The van der Waals surface area contributed by atoms with Crippen LogP contribution in [0.3, 0.4) is 0 Å². The number of unbranched alkanes of at least 4 members (excludes halogenated alkanes) is 13. The molecule has 2 N–H and O–H groups in total. The molecule has 30 heavy (non-hydrogen) atoms. The van der Waals surface area contributed by atoms with Crippen LogP contribution in [0.5, 0.6) is 0 Å². The summed E-state index contributed by atoms with van der Waals surface area (Å²) >= 11 is 0. The summed E-state index contributed by atoms with van der Waals surface area (Å²) in [5.41, 5.74) is 2.20. The van der Waals surface area contributed by atoms with E-state index in [1.54, 1.807) is 6.08 Å². The number of rotatable bonds is 19. The van der Waals surface area contributed by atoms with E-state index in [9.17, 15) is 4.79 Å². The van der Waals surface area contributed by atoms with E-state index in [1.165, 1.54) is 96.0 Å². The van der Waals surface area contributed by atoms with E-state index in [-0.39, 0.29) is 0 Å². The van der Waals surface area contributed by atoms with Crippen LogP contribution < -0.4 is 5.32 Å². The van der Waals surface area contributed by atoms with Crippen LogP contribution in [0.2, 0.25) is 0 Å². The predicted molar refractivity (Wildman–Crippen MR) is 131 cm³/mol. The quantitative estimate of drug-likeness (QED) is 0.136. The first kappa shape index (κ1) is 26.0. The molecule has 0 spiro atoms. The monoisotopic (exact) mass is 413 g/mol. The maximum Gasteiger partial charge on any atom is 0.328 e. The molecule has 3 nitrogen and oxygen atoms in total. The number of aliphatic carboxylic acids is 1. The molecule has 0 amide bonds. The number of carbonyl (C=O) groups is 1. The van der Waals surface area contributed by atoms with Crippen LogP contribution in [0.15, 0.2) is 42.5 Å². The van der Waals surface area contributed by atoms with Gasteiger partial charge in [0.05, 0.1) is 0 Å². The van der Waals surface area contributed by atoms with E-state index in [1.807, 2.05) is 18.2 Å². The van der Waals surface area contributed by atoms with Gasteiger partial charge in [-0.15, -0.1) is 0 Å². The summed E-state index contributed by atoms with van der Waals surface area (Å²) in [6, 6.07) is 8.23. The van der Waals surface area contributed by atoms with Crippen LogP contribution in [0.25, 0.3) is 6.08 Å². The van der Waals surface area contributed by atoms with Gasteiger partial charge in [0.1, 0.15) is 0 Å². The summed E-state index contributed by atoms with van der Waals surface area (Å²) < 4.78 is 0. The Morgan fingerprint density at radius 2 is 1.27 bits per heavy atom. The molecular formula is C27H43NO2. The van der Waals surface area contributed by atoms with Gasteiger partial charge in [-0.05, 0) is 24.1 Å². The van der Waals surface area contributed by atoms with E-state index in [0.29, 0.717) is 0 Å². The molecule has 3 heteroatoms. The van der Waals surface area contributed by atoms with Gasteiger partial charge in [0.25, 0.3) is 0 Å². The molecule has 0 fully saturated rings. The molecule has 0 heterocycles. The maximum atomic E-state index is 10.4. The first-order valence-electron chi connectivity index (χ1n) is 12.1. The van der Waals surface area contributed by atoms with E-state index in [0.717, 1.165) is 23.9 Å². The number of benzene rings is 1. The second kappa shape index (κ2) is 19.0. The van der Waals surface area contributed by atoms with Crippen molar-refractivity contribution in [3.05, 3.63) is 48.1 Å². The van der Waals surface area contributed by atoms with Gasteiger partial charge < -0.3 is 10.4 Å². The number of carboxylic acid groups (broad SMARTS) is 1. The molecule has 0 saturated carbocycles. The Labute approximate surface area is 184 Å². The molecule has 0 aliphatic rings. The molecule has 0 radical (unpaired) electrons. The molecule has 168 valence electrons. The van der Waals surface area contributed by atoms with Gasteiger partial charge in [0.2, 0.25) is 0 Å². The third-order valence-electron chi connectivity index (χ3n) is 5.41. The summed E-state index contributed by atoms with van der Waals surface area (Å²) in [6.45, 7) is 3.30. The third-order valence-corrected chi connectivity index (χ3v) is 5.41. The van der Waals surface area contributed by atoms with Gasteiger partial charge in [0.15, 0.2) is 0 Å². The van der Waals surface area contributed by atoms with Gasteiger partial charge in [-0.2, -0.15) is 0 Å². The lowest BCUT2D eigenvalue weighted by atomic mass is 10.0. The Bertz CT molecular complexity index is 589. The largest absolute Gasteiger partial charge is 0.478 e. The van der Waals surface area contributed by atoms with Gasteiger partial charge in [-0.1, -0.05) is 121 Å². The lowest BCUT2D eigenvalue weighted by Crippen LogP contribution is -2.01. The Morgan fingerprint density at radius 1 is 0.767 bits per heavy atom. The molecule has 0 aliphatic heterocycles. The fraction of sp³-hybridized carbons (Fsp3) is 0.593. The van der Waals surface area contributed by atoms with Crippen molar-refractivity contribution in [3.8, 4) is 0 Å². The van der Waals surface area contributed by atoms with E-state index in [2.05, 4.69) is 24.4 Å². The van der Waals surface area contributed by atoms with Crippen LogP contribution in [-0.2, 0) is 4.79 Å². The predicted octanol–water partition coefficient (Wildman–Crippen LogP) is 8.23. The number of anilines is 1. The summed E-state index contributed by atoms with van der Waals surface area (Å²) in [5.74, 6) is -0.928. The molecule has 1 aromatic rings. The lowest BCUT2D eigenvalue weighted by Gasteiger charge is -2.07. The van der Waals surface area contributed by atoms with Crippen molar-refractivity contribution in [1.82, 2.24) is 0 Å². The van der Waals surface area contributed by atoms with E-state index >= 15 is 0 Å². The van der Waals surface area contributed by atoms with Crippen molar-refractivity contribution in [1.29, 1.82) is 0 Å². The highest BCUT2D eigenvalue weighted by atomic mass is 16.4. The highest BCUT2D eigenvalue weighted by molar-refractivity contribution is 5.80. The zero-order chi connectivity index (χ0) is 21.7. The van der Waals surface area contributed by atoms with Gasteiger partial charge in [-0.25, -0.2) is 4.79 Å². The second-order valence-corrected chi connectivity index (χ2v) is 8.20. The maximum absolute atomic E-state index is 10.4. The molecule has 1 aromatic carbocycles.